The van der Waals surface area contributed by atoms with Crippen LogP contribution in [0.25, 0.3) is 0 Å². The summed E-state index contributed by atoms with van der Waals surface area (Å²) in [6, 6.07) is 4.08. The molecule has 19 heavy (non-hydrogen) atoms. The molecule has 0 amide bonds. The summed E-state index contributed by atoms with van der Waals surface area (Å²) >= 11 is 11.5. The summed E-state index contributed by atoms with van der Waals surface area (Å²) in [6.45, 7) is 2.57. The minimum Gasteiger partial charge on any atom is -0.437 e. The van der Waals surface area contributed by atoms with Crippen molar-refractivity contribution in [3.05, 3.63) is 40.3 Å². The highest BCUT2D eigenvalue weighted by Gasteiger charge is 2.09. The summed E-state index contributed by atoms with van der Waals surface area (Å²) < 4.78 is 18.7. The molecule has 1 aromatic carbocycles. The fourth-order valence-corrected chi connectivity index (χ4v) is 1.57. The highest BCUT2D eigenvalue weighted by Crippen LogP contribution is 2.29. The average Bonchev–Trinajstić information content (AvgIpc) is 2.38. The highest BCUT2D eigenvalue weighted by molar-refractivity contribution is 6.31. The summed E-state index contributed by atoms with van der Waals surface area (Å²) in [7, 11) is 0. The molecule has 4 nitrogen and oxygen atoms in total. The van der Waals surface area contributed by atoms with Crippen LogP contribution in [0.3, 0.4) is 0 Å². The van der Waals surface area contributed by atoms with Crippen LogP contribution in [0.1, 0.15) is 6.92 Å². The third-order valence-electron chi connectivity index (χ3n) is 2.15. The van der Waals surface area contributed by atoms with Crippen molar-refractivity contribution < 1.29 is 9.13 Å². The summed E-state index contributed by atoms with van der Waals surface area (Å²) in [4.78, 5) is 8.05. The standard InChI is InChI=1S/C12H10Cl2FN3O/c1-2-16-12-17-6-9(14)11(18-12)19-7-3-4-8(13)10(15)5-7/h3-6H,2H2,1H3,(H,16,17,18). The molecule has 0 aliphatic carbocycles. The van der Waals surface area contributed by atoms with Crippen LogP contribution in [0.2, 0.25) is 10.0 Å². The van der Waals surface area contributed by atoms with E-state index < -0.39 is 5.82 Å². The quantitative estimate of drug-likeness (QED) is 0.921. The van der Waals surface area contributed by atoms with Crippen LogP contribution in [-0.4, -0.2) is 16.5 Å². The predicted molar refractivity (Wildman–Crippen MR) is 72.7 cm³/mol. The van der Waals surface area contributed by atoms with E-state index in [1.165, 1.54) is 18.3 Å². The molecule has 100 valence electrons. The molecule has 0 radical (unpaired) electrons. The van der Waals surface area contributed by atoms with E-state index >= 15 is 0 Å². The molecule has 0 saturated heterocycles. The Hall–Kier alpha value is -1.59. The molecule has 1 aromatic heterocycles. The molecular formula is C12H10Cl2FN3O. The van der Waals surface area contributed by atoms with Gasteiger partial charge in [0.25, 0.3) is 0 Å². The number of benzene rings is 1. The zero-order chi connectivity index (χ0) is 13.8. The van der Waals surface area contributed by atoms with Crippen molar-refractivity contribution in [3.8, 4) is 11.6 Å². The number of nitrogens with zero attached hydrogens (tertiary/aromatic N) is 2. The molecule has 2 rings (SSSR count). The second kappa shape index (κ2) is 6.04. The van der Waals surface area contributed by atoms with Gasteiger partial charge in [-0.15, -0.1) is 0 Å². The molecule has 0 spiro atoms. The monoisotopic (exact) mass is 301 g/mol. The fraction of sp³-hybridized carbons (Fsp3) is 0.167. The molecule has 0 aliphatic heterocycles. The third-order valence-corrected chi connectivity index (χ3v) is 2.72. The van der Waals surface area contributed by atoms with Gasteiger partial charge >= 0.3 is 0 Å². The molecule has 0 fully saturated rings. The Morgan fingerprint density at radius 1 is 1.32 bits per heavy atom. The lowest BCUT2D eigenvalue weighted by Crippen LogP contribution is -2.03. The van der Waals surface area contributed by atoms with Gasteiger partial charge in [0.2, 0.25) is 11.8 Å². The number of hydrogen-bond donors (Lipinski definition) is 1. The summed E-state index contributed by atoms with van der Waals surface area (Å²) in [5.41, 5.74) is 0. The van der Waals surface area contributed by atoms with Crippen molar-refractivity contribution in [2.24, 2.45) is 0 Å². The number of ether oxygens (including phenoxy) is 1. The van der Waals surface area contributed by atoms with Crippen LogP contribution in [0.4, 0.5) is 10.3 Å². The Morgan fingerprint density at radius 3 is 2.79 bits per heavy atom. The number of rotatable bonds is 4. The minimum atomic E-state index is -0.573. The predicted octanol–water partition coefficient (Wildman–Crippen LogP) is 4.15. The molecule has 0 unspecified atom stereocenters. The second-order valence-electron chi connectivity index (χ2n) is 3.56. The zero-order valence-corrected chi connectivity index (χ0v) is 11.5. The van der Waals surface area contributed by atoms with Gasteiger partial charge in [-0.05, 0) is 19.1 Å². The van der Waals surface area contributed by atoms with E-state index in [4.69, 9.17) is 27.9 Å². The van der Waals surface area contributed by atoms with Gasteiger partial charge in [0.15, 0.2) is 0 Å². The first-order chi connectivity index (χ1) is 9.10. The van der Waals surface area contributed by atoms with Crippen molar-refractivity contribution >= 4 is 29.2 Å². The average molecular weight is 302 g/mol. The Balaban J connectivity index is 2.26. The van der Waals surface area contributed by atoms with Crippen LogP contribution >= 0.6 is 23.2 Å². The van der Waals surface area contributed by atoms with E-state index in [1.807, 2.05) is 6.92 Å². The Labute approximate surface area is 119 Å². The van der Waals surface area contributed by atoms with E-state index in [2.05, 4.69) is 15.3 Å². The maximum atomic E-state index is 13.3. The Bertz CT molecular complexity index is 595. The van der Waals surface area contributed by atoms with Gasteiger partial charge < -0.3 is 10.1 Å². The molecule has 1 heterocycles. The van der Waals surface area contributed by atoms with E-state index in [1.54, 1.807) is 0 Å². The van der Waals surface area contributed by atoms with Crippen LogP contribution in [0.5, 0.6) is 11.6 Å². The molecule has 0 atom stereocenters. The van der Waals surface area contributed by atoms with Crippen molar-refractivity contribution in [2.75, 3.05) is 11.9 Å². The van der Waals surface area contributed by atoms with Crippen LogP contribution in [0.15, 0.2) is 24.4 Å². The van der Waals surface area contributed by atoms with E-state index in [-0.39, 0.29) is 21.7 Å². The number of anilines is 1. The largest absolute Gasteiger partial charge is 0.437 e. The van der Waals surface area contributed by atoms with Crippen LogP contribution < -0.4 is 10.1 Å². The van der Waals surface area contributed by atoms with Crippen LogP contribution in [-0.2, 0) is 0 Å². The highest BCUT2D eigenvalue weighted by atomic mass is 35.5. The molecule has 0 aliphatic rings. The second-order valence-corrected chi connectivity index (χ2v) is 4.37. The first-order valence-electron chi connectivity index (χ1n) is 5.49. The normalized spacial score (nSPS) is 10.3. The van der Waals surface area contributed by atoms with Crippen molar-refractivity contribution in [1.82, 2.24) is 9.97 Å². The third kappa shape index (κ3) is 3.45. The zero-order valence-electron chi connectivity index (χ0n) is 9.95. The summed E-state index contributed by atoms with van der Waals surface area (Å²) in [5, 5.41) is 3.18. The van der Waals surface area contributed by atoms with Crippen molar-refractivity contribution in [3.63, 3.8) is 0 Å². The van der Waals surface area contributed by atoms with E-state index in [0.717, 1.165) is 6.07 Å². The SMILES string of the molecule is CCNc1ncc(Cl)c(Oc2ccc(Cl)c(F)c2)n1. The van der Waals surface area contributed by atoms with Gasteiger partial charge in [-0.3, -0.25) is 0 Å². The summed E-state index contributed by atoms with van der Waals surface area (Å²) in [5.74, 6) is 0.215. The maximum Gasteiger partial charge on any atom is 0.243 e. The summed E-state index contributed by atoms with van der Waals surface area (Å²) in [6.07, 6.45) is 1.41. The van der Waals surface area contributed by atoms with E-state index in [0.29, 0.717) is 12.5 Å². The fourth-order valence-electron chi connectivity index (χ4n) is 1.32. The first kappa shape index (κ1) is 13.8. The molecule has 1 N–H and O–H groups in total. The molecular weight excluding hydrogens is 292 g/mol. The first-order valence-corrected chi connectivity index (χ1v) is 6.25. The van der Waals surface area contributed by atoms with E-state index in [9.17, 15) is 4.39 Å². The topological polar surface area (TPSA) is 47.0 Å². The number of nitrogens with one attached hydrogen (secondary N) is 1. The Kier molecular flexibility index (Phi) is 4.39. The van der Waals surface area contributed by atoms with Gasteiger partial charge in [0, 0.05) is 12.6 Å². The lowest BCUT2D eigenvalue weighted by Gasteiger charge is -2.08. The molecule has 2 aromatic rings. The Morgan fingerprint density at radius 2 is 2.11 bits per heavy atom. The minimum absolute atomic E-state index is 0.0227. The lowest BCUT2D eigenvalue weighted by molar-refractivity contribution is 0.458. The van der Waals surface area contributed by atoms with Gasteiger partial charge in [0.1, 0.15) is 16.6 Å². The number of aromatic nitrogens is 2. The molecule has 0 bridgehead atoms. The maximum absolute atomic E-state index is 13.3. The smallest absolute Gasteiger partial charge is 0.243 e. The van der Waals surface area contributed by atoms with Gasteiger partial charge in [-0.2, -0.15) is 4.98 Å². The van der Waals surface area contributed by atoms with Crippen molar-refractivity contribution in [1.29, 1.82) is 0 Å². The number of halogens is 3. The van der Waals surface area contributed by atoms with Crippen LogP contribution in [0, 0.1) is 5.82 Å². The van der Waals surface area contributed by atoms with Crippen molar-refractivity contribution in [2.45, 2.75) is 6.92 Å². The molecule has 7 heteroatoms. The molecule has 0 saturated carbocycles. The van der Waals surface area contributed by atoms with Gasteiger partial charge in [0.05, 0.1) is 11.2 Å². The van der Waals surface area contributed by atoms with Gasteiger partial charge in [-0.25, -0.2) is 9.37 Å². The lowest BCUT2D eigenvalue weighted by atomic mass is 10.3. The number of hydrogen-bond acceptors (Lipinski definition) is 4. The van der Waals surface area contributed by atoms with Gasteiger partial charge in [-0.1, -0.05) is 23.2 Å².